The highest BCUT2D eigenvalue weighted by molar-refractivity contribution is 6.06. The van der Waals surface area contributed by atoms with E-state index in [2.05, 4.69) is 20.9 Å². The third-order valence-electron chi connectivity index (χ3n) is 6.07. The third-order valence-corrected chi connectivity index (χ3v) is 6.07. The molecule has 4 aromatic rings. The second kappa shape index (κ2) is 8.42. The van der Waals surface area contributed by atoms with Crippen molar-refractivity contribution in [3.05, 3.63) is 95.4 Å². The van der Waals surface area contributed by atoms with Crippen LogP contribution in [-0.4, -0.2) is 21.2 Å². The molecule has 0 unspecified atom stereocenters. The Morgan fingerprint density at radius 2 is 1.78 bits per heavy atom. The van der Waals surface area contributed by atoms with Gasteiger partial charge in [0.1, 0.15) is 5.78 Å². The molecular weight excluding hydrogens is 398 g/mol. The quantitative estimate of drug-likeness (QED) is 0.446. The van der Waals surface area contributed by atoms with Crippen LogP contribution in [0, 0.1) is 12.8 Å². The number of fused-ring (bicyclic) bond motifs is 1. The van der Waals surface area contributed by atoms with Crippen LogP contribution in [-0.2, 0) is 17.8 Å². The molecule has 0 saturated heterocycles. The normalized spacial score (nSPS) is 13.3. The van der Waals surface area contributed by atoms with Crippen LogP contribution >= 0.6 is 0 Å². The molecule has 1 saturated carbocycles. The van der Waals surface area contributed by atoms with Crippen LogP contribution in [0.15, 0.2) is 73.2 Å². The van der Waals surface area contributed by atoms with Crippen molar-refractivity contribution in [2.75, 3.05) is 5.32 Å². The molecule has 2 aromatic carbocycles. The summed E-state index contributed by atoms with van der Waals surface area (Å²) in [7, 11) is 0. The highest BCUT2D eigenvalue weighted by atomic mass is 16.1. The maximum absolute atomic E-state index is 12.8. The number of rotatable bonds is 7. The average molecular weight is 424 g/mol. The molecule has 2 aromatic heterocycles. The highest BCUT2D eigenvalue weighted by Crippen LogP contribution is 2.31. The van der Waals surface area contributed by atoms with E-state index >= 15 is 0 Å². The zero-order valence-electron chi connectivity index (χ0n) is 18.0. The monoisotopic (exact) mass is 423 g/mol. The van der Waals surface area contributed by atoms with Gasteiger partial charge in [-0.25, -0.2) is 0 Å². The van der Waals surface area contributed by atoms with Gasteiger partial charge < -0.3 is 9.88 Å². The first-order chi connectivity index (χ1) is 15.6. The molecule has 160 valence electrons. The zero-order chi connectivity index (χ0) is 22.1. The number of Topliss-reactive ketones (excluding diaryl/α,β-unsaturated/α-hetero) is 1. The van der Waals surface area contributed by atoms with E-state index in [0.717, 1.165) is 52.7 Å². The van der Waals surface area contributed by atoms with Crippen LogP contribution in [0.5, 0.6) is 0 Å². The molecule has 32 heavy (non-hydrogen) atoms. The summed E-state index contributed by atoms with van der Waals surface area (Å²) in [4.78, 5) is 29.4. The summed E-state index contributed by atoms with van der Waals surface area (Å²) in [5, 5.41) is 4.06. The minimum Gasteiger partial charge on any atom is -0.350 e. The number of carbonyl (C=O) groups is 2. The SMILES string of the molecule is Cc1c(NC(=O)c2ccc(CC(=O)C3CC3)cc2)ccc2cc(Cn3cccc3)cnc12. The van der Waals surface area contributed by atoms with E-state index in [1.54, 1.807) is 12.1 Å². The van der Waals surface area contributed by atoms with Crippen LogP contribution in [0.3, 0.4) is 0 Å². The van der Waals surface area contributed by atoms with Crippen molar-refractivity contribution in [2.24, 2.45) is 5.92 Å². The van der Waals surface area contributed by atoms with Crippen molar-refractivity contribution >= 4 is 28.3 Å². The molecule has 0 radical (unpaired) electrons. The summed E-state index contributed by atoms with van der Waals surface area (Å²) in [5.74, 6) is 0.391. The largest absolute Gasteiger partial charge is 0.350 e. The van der Waals surface area contributed by atoms with Gasteiger partial charge in [-0.2, -0.15) is 0 Å². The zero-order valence-corrected chi connectivity index (χ0v) is 18.0. The van der Waals surface area contributed by atoms with Gasteiger partial charge in [0.25, 0.3) is 5.91 Å². The van der Waals surface area contributed by atoms with Crippen LogP contribution in [0.1, 0.15) is 39.9 Å². The summed E-state index contributed by atoms with van der Waals surface area (Å²) < 4.78 is 2.11. The Hall–Kier alpha value is -3.73. The van der Waals surface area contributed by atoms with Gasteiger partial charge in [-0.05, 0) is 72.9 Å². The molecule has 0 aliphatic heterocycles. The maximum Gasteiger partial charge on any atom is 0.255 e. The van der Waals surface area contributed by atoms with Crippen LogP contribution in [0.2, 0.25) is 0 Å². The van der Waals surface area contributed by atoms with Crippen molar-refractivity contribution in [2.45, 2.75) is 32.7 Å². The lowest BCUT2D eigenvalue weighted by Gasteiger charge is -2.12. The molecule has 5 rings (SSSR count). The van der Waals surface area contributed by atoms with E-state index < -0.39 is 0 Å². The first-order valence-corrected chi connectivity index (χ1v) is 11.0. The topological polar surface area (TPSA) is 64.0 Å². The summed E-state index contributed by atoms with van der Waals surface area (Å²) >= 11 is 0. The number of anilines is 1. The van der Waals surface area contributed by atoms with E-state index in [-0.39, 0.29) is 11.8 Å². The first-order valence-electron chi connectivity index (χ1n) is 11.0. The van der Waals surface area contributed by atoms with Crippen LogP contribution in [0.4, 0.5) is 5.69 Å². The number of nitrogens with one attached hydrogen (secondary N) is 1. The van der Waals surface area contributed by atoms with Crippen molar-refractivity contribution < 1.29 is 9.59 Å². The predicted octanol–water partition coefficient (Wildman–Crippen LogP) is 5.17. The number of aryl methyl sites for hydroxylation is 1. The highest BCUT2D eigenvalue weighted by Gasteiger charge is 2.29. The molecule has 2 heterocycles. The lowest BCUT2D eigenvalue weighted by Crippen LogP contribution is -2.13. The van der Waals surface area contributed by atoms with Gasteiger partial charge in [0.05, 0.1) is 5.52 Å². The first kappa shape index (κ1) is 20.2. The number of ketones is 1. The lowest BCUT2D eigenvalue weighted by atomic mass is 10.0. The summed E-state index contributed by atoms with van der Waals surface area (Å²) in [6.07, 6.45) is 8.45. The number of amides is 1. The number of aromatic nitrogens is 2. The number of benzene rings is 2. The molecule has 0 bridgehead atoms. The number of carbonyl (C=O) groups excluding carboxylic acids is 2. The Morgan fingerprint density at radius 1 is 1.03 bits per heavy atom. The van der Waals surface area contributed by atoms with Crippen LogP contribution < -0.4 is 5.32 Å². The Bertz CT molecular complexity index is 1290. The van der Waals surface area contributed by atoms with E-state index in [1.165, 1.54) is 0 Å². The van der Waals surface area contributed by atoms with Crippen molar-refractivity contribution in [3.8, 4) is 0 Å². The van der Waals surface area contributed by atoms with Gasteiger partial charge >= 0.3 is 0 Å². The number of pyridine rings is 1. The number of hydrogen-bond acceptors (Lipinski definition) is 3. The van der Waals surface area contributed by atoms with Crippen molar-refractivity contribution in [1.82, 2.24) is 9.55 Å². The summed E-state index contributed by atoms with van der Waals surface area (Å²) in [6, 6.07) is 17.4. The fourth-order valence-electron chi connectivity index (χ4n) is 4.02. The smallest absolute Gasteiger partial charge is 0.255 e. The third kappa shape index (κ3) is 4.33. The molecule has 1 fully saturated rings. The van der Waals surface area contributed by atoms with Crippen molar-refractivity contribution in [3.63, 3.8) is 0 Å². The van der Waals surface area contributed by atoms with Crippen LogP contribution in [0.25, 0.3) is 10.9 Å². The predicted molar refractivity (Wildman–Crippen MR) is 126 cm³/mol. The molecular formula is C27H25N3O2. The number of nitrogens with zero attached hydrogens (tertiary/aromatic N) is 2. The minimum absolute atomic E-state index is 0.170. The van der Waals surface area contributed by atoms with E-state index in [0.29, 0.717) is 17.8 Å². The standard InChI is InChI=1S/C27H25N3O2/c1-18-24(11-10-23-14-20(16-28-26(18)23)17-30-12-2-3-13-30)29-27(32)22-6-4-19(5-7-22)15-25(31)21-8-9-21/h2-7,10-14,16,21H,8-9,15,17H2,1H3,(H,29,32). The van der Waals surface area contributed by atoms with E-state index in [1.807, 2.05) is 61.9 Å². The maximum atomic E-state index is 12.8. The van der Waals surface area contributed by atoms with Gasteiger partial charge in [0.2, 0.25) is 0 Å². The van der Waals surface area contributed by atoms with E-state index in [4.69, 9.17) is 0 Å². The molecule has 0 spiro atoms. The Kier molecular flexibility index (Phi) is 5.31. The Morgan fingerprint density at radius 3 is 2.50 bits per heavy atom. The fourth-order valence-corrected chi connectivity index (χ4v) is 4.02. The number of hydrogen-bond donors (Lipinski definition) is 1. The summed E-state index contributed by atoms with van der Waals surface area (Å²) in [6.45, 7) is 2.75. The second-order valence-corrected chi connectivity index (χ2v) is 8.58. The molecule has 0 atom stereocenters. The molecule has 5 nitrogen and oxygen atoms in total. The van der Waals surface area contributed by atoms with Gasteiger partial charge in [0, 0.05) is 54.1 Å². The minimum atomic E-state index is -0.170. The molecule has 1 amide bonds. The fraction of sp³-hybridized carbons (Fsp3) is 0.222. The lowest BCUT2D eigenvalue weighted by molar-refractivity contribution is -0.119. The second-order valence-electron chi connectivity index (χ2n) is 8.58. The molecule has 1 aliphatic rings. The van der Waals surface area contributed by atoms with Gasteiger partial charge in [-0.15, -0.1) is 0 Å². The van der Waals surface area contributed by atoms with E-state index in [9.17, 15) is 9.59 Å². The Balaban J connectivity index is 1.30. The average Bonchev–Trinajstić information content (AvgIpc) is 3.54. The Labute approximate surface area is 187 Å². The van der Waals surface area contributed by atoms with Gasteiger partial charge in [0.15, 0.2) is 0 Å². The molecule has 1 N–H and O–H groups in total. The summed E-state index contributed by atoms with van der Waals surface area (Å²) in [5.41, 5.74) is 5.23. The van der Waals surface area contributed by atoms with Crippen molar-refractivity contribution in [1.29, 1.82) is 0 Å². The molecule has 5 heteroatoms. The molecule has 1 aliphatic carbocycles. The van der Waals surface area contributed by atoms with Gasteiger partial charge in [-0.3, -0.25) is 14.6 Å². The van der Waals surface area contributed by atoms with Gasteiger partial charge in [-0.1, -0.05) is 18.2 Å².